The summed E-state index contributed by atoms with van der Waals surface area (Å²) in [6, 6.07) is 13.1. The molecule has 0 radical (unpaired) electrons. The Morgan fingerprint density at radius 3 is 2.09 bits per heavy atom. The molecule has 0 bridgehead atoms. The van der Waals surface area contributed by atoms with Gasteiger partial charge >= 0.3 is 0 Å². The molecule has 22 heavy (non-hydrogen) atoms. The number of nitrogen functional groups attached to an aromatic ring is 2. The van der Waals surface area contributed by atoms with Gasteiger partial charge in [-0.1, -0.05) is 36.4 Å². The maximum absolute atomic E-state index is 7.52. The molecule has 0 saturated heterocycles. The second kappa shape index (κ2) is 5.31. The highest BCUT2D eigenvalue weighted by molar-refractivity contribution is 9.10. The first kappa shape index (κ1) is 14.3. The molecule has 0 saturated carbocycles. The third kappa shape index (κ3) is 2.37. The van der Waals surface area contributed by atoms with Gasteiger partial charge in [0, 0.05) is 22.0 Å². The van der Waals surface area contributed by atoms with E-state index in [1.165, 1.54) is 0 Å². The number of benzene rings is 2. The summed E-state index contributed by atoms with van der Waals surface area (Å²) in [6.07, 6.45) is 0. The lowest BCUT2D eigenvalue weighted by molar-refractivity contribution is 1.40. The molecular weight excluding hydrogens is 342 g/mol. The molecule has 6 heteroatoms. The van der Waals surface area contributed by atoms with Gasteiger partial charge < -0.3 is 16.5 Å². The van der Waals surface area contributed by atoms with Crippen LogP contribution in [0.2, 0.25) is 0 Å². The summed E-state index contributed by atoms with van der Waals surface area (Å²) in [5, 5.41) is 16.0. The lowest BCUT2D eigenvalue weighted by Gasteiger charge is -2.02. The predicted molar refractivity (Wildman–Crippen MR) is 93.5 cm³/mol. The normalized spacial score (nSPS) is 10.8. The highest BCUT2D eigenvalue weighted by atomic mass is 79.9. The molecule has 0 atom stereocenters. The topological polar surface area (TPSA) is 116 Å². The van der Waals surface area contributed by atoms with E-state index in [2.05, 4.69) is 20.9 Å². The smallest absolute Gasteiger partial charge is 0.122 e. The molecule has 0 unspecified atom stereocenters. The quantitative estimate of drug-likeness (QED) is 0.366. The van der Waals surface area contributed by atoms with E-state index in [9.17, 15) is 0 Å². The molecule has 110 valence electrons. The van der Waals surface area contributed by atoms with Crippen LogP contribution in [0.25, 0.3) is 22.2 Å². The van der Waals surface area contributed by atoms with Crippen LogP contribution in [0.5, 0.6) is 0 Å². The van der Waals surface area contributed by atoms with E-state index in [1.54, 1.807) is 0 Å². The third-order valence-corrected chi connectivity index (χ3v) is 4.35. The molecule has 5 nitrogen and oxygen atoms in total. The van der Waals surface area contributed by atoms with Crippen molar-refractivity contribution in [1.29, 1.82) is 10.8 Å². The molecule has 0 amide bonds. The maximum atomic E-state index is 7.52. The first-order valence-electron chi connectivity index (χ1n) is 6.58. The minimum absolute atomic E-state index is 0.0417. The SMILES string of the molecule is N=C(N)c1ccc(-c2[nH]c3cc(C(=N)N)ccc3c2Br)cc1. The third-order valence-electron chi connectivity index (χ3n) is 3.53. The summed E-state index contributed by atoms with van der Waals surface area (Å²) in [5.41, 5.74) is 15.2. The highest BCUT2D eigenvalue weighted by Crippen LogP contribution is 2.35. The van der Waals surface area contributed by atoms with E-state index in [0.717, 1.165) is 26.6 Å². The van der Waals surface area contributed by atoms with E-state index in [0.29, 0.717) is 11.1 Å². The number of nitrogens with one attached hydrogen (secondary N) is 3. The number of H-pyrrole nitrogens is 1. The van der Waals surface area contributed by atoms with Gasteiger partial charge in [-0.2, -0.15) is 0 Å². The number of aromatic nitrogens is 1. The van der Waals surface area contributed by atoms with Crippen LogP contribution >= 0.6 is 15.9 Å². The van der Waals surface area contributed by atoms with Gasteiger partial charge in [0.1, 0.15) is 11.7 Å². The molecule has 0 spiro atoms. The van der Waals surface area contributed by atoms with Crippen molar-refractivity contribution in [3.63, 3.8) is 0 Å². The van der Waals surface area contributed by atoms with Gasteiger partial charge in [-0.25, -0.2) is 0 Å². The van der Waals surface area contributed by atoms with Gasteiger partial charge in [0.15, 0.2) is 0 Å². The van der Waals surface area contributed by atoms with Crippen LogP contribution in [-0.2, 0) is 0 Å². The predicted octanol–water partition coefficient (Wildman–Crippen LogP) is 3.17. The fraction of sp³-hybridized carbons (Fsp3) is 0. The Bertz CT molecular complexity index is 893. The van der Waals surface area contributed by atoms with E-state index >= 15 is 0 Å². The summed E-state index contributed by atoms with van der Waals surface area (Å²) >= 11 is 3.61. The fourth-order valence-electron chi connectivity index (χ4n) is 2.35. The van der Waals surface area contributed by atoms with Crippen LogP contribution in [0, 0.1) is 10.8 Å². The fourth-order valence-corrected chi connectivity index (χ4v) is 3.02. The molecule has 0 aliphatic rings. The average Bonchev–Trinajstić information content (AvgIpc) is 2.84. The van der Waals surface area contributed by atoms with Gasteiger partial charge in [-0.3, -0.25) is 10.8 Å². The van der Waals surface area contributed by atoms with Gasteiger partial charge in [0.25, 0.3) is 0 Å². The Balaban J connectivity index is 2.12. The van der Waals surface area contributed by atoms with Crippen LogP contribution in [0.1, 0.15) is 11.1 Å². The Hall–Kier alpha value is -2.60. The molecule has 7 N–H and O–H groups in total. The maximum Gasteiger partial charge on any atom is 0.122 e. The van der Waals surface area contributed by atoms with Crippen molar-refractivity contribution in [3.05, 3.63) is 58.1 Å². The summed E-state index contributed by atoms with van der Waals surface area (Å²) in [7, 11) is 0. The zero-order valence-corrected chi connectivity index (χ0v) is 13.2. The molecule has 3 aromatic rings. The van der Waals surface area contributed by atoms with Crippen LogP contribution in [0.15, 0.2) is 46.9 Å². The number of hydrogen-bond acceptors (Lipinski definition) is 2. The standard InChI is InChI=1S/C16H14BrN5/c17-13-11-6-5-10(16(20)21)7-12(11)22-14(13)8-1-3-9(4-2-8)15(18)19/h1-7,22H,(H3,18,19)(H3,20,21). The zero-order valence-electron chi connectivity index (χ0n) is 11.6. The molecule has 0 aliphatic heterocycles. The van der Waals surface area contributed by atoms with Crippen LogP contribution < -0.4 is 11.5 Å². The summed E-state index contributed by atoms with van der Waals surface area (Å²) in [4.78, 5) is 3.34. The van der Waals surface area contributed by atoms with Crippen molar-refractivity contribution < 1.29 is 0 Å². The number of nitrogens with two attached hydrogens (primary N) is 2. The second-order valence-electron chi connectivity index (χ2n) is 4.98. The molecule has 0 fully saturated rings. The Morgan fingerprint density at radius 2 is 1.50 bits per heavy atom. The number of amidine groups is 2. The molecular formula is C16H14BrN5. The minimum Gasteiger partial charge on any atom is -0.384 e. The molecule has 3 rings (SSSR count). The Kier molecular flexibility index (Phi) is 3.46. The van der Waals surface area contributed by atoms with Crippen molar-refractivity contribution in [2.75, 3.05) is 0 Å². The summed E-state index contributed by atoms with van der Waals surface area (Å²) < 4.78 is 0.952. The van der Waals surface area contributed by atoms with Gasteiger partial charge in [0.2, 0.25) is 0 Å². The summed E-state index contributed by atoms with van der Waals surface area (Å²) in [5.74, 6) is 0.0911. The lowest BCUT2D eigenvalue weighted by Crippen LogP contribution is -2.10. The number of halogens is 1. The van der Waals surface area contributed by atoms with E-state index < -0.39 is 0 Å². The van der Waals surface area contributed by atoms with Crippen molar-refractivity contribution in [2.45, 2.75) is 0 Å². The number of fused-ring (bicyclic) bond motifs is 1. The molecule has 0 aliphatic carbocycles. The van der Waals surface area contributed by atoms with E-state index in [-0.39, 0.29) is 11.7 Å². The van der Waals surface area contributed by atoms with Gasteiger partial charge in [0.05, 0.1) is 10.2 Å². The van der Waals surface area contributed by atoms with Crippen LogP contribution in [0.3, 0.4) is 0 Å². The number of rotatable bonds is 3. The first-order chi connectivity index (χ1) is 10.5. The summed E-state index contributed by atoms with van der Waals surface area (Å²) in [6.45, 7) is 0. The van der Waals surface area contributed by atoms with Crippen LogP contribution in [0.4, 0.5) is 0 Å². The van der Waals surface area contributed by atoms with E-state index in [1.807, 2.05) is 42.5 Å². The van der Waals surface area contributed by atoms with Crippen molar-refractivity contribution >= 4 is 38.5 Å². The molecule has 1 aromatic heterocycles. The largest absolute Gasteiger partial charge is 0.384 e. The van der Waals surface area contributed by atoms with E-state index in [4.69, 9.17) is 22.3 Å². The Labute approximate surface area is 135 Å². The minimum atomic E-state index is 0.0417. The van der Waals surface area contributed by atoms with Gasteiger partial charge in [-0.05, 0) is 27.6 Å². The zero-order chi connectivity index (χ0) is 15.9. The van der Waals surface area contributed by atoms with Crippen molar-refractivity contribution in [1.82, 2.24) is 4.98 Å². The average molecular weight is 356 g/mol. The number of hydrogen-bond donors (Lipinski definition) is 5. The lowest BCUT2D eigenvalue weighted by atomic mass is 10.1. The van der Waals surface area contributed by atoms with Crippen molar-refractivity contribution in [3.8, 4) is 11.3 Å². The number of aromatic amines is 1. The Morgan fingerprint density at radius 1 is 0.909 bits per heavy atom. The van der Waals surface area contributed by atoms with Gasteiger partial charge in [-0.15, -0.1) is 0 Å². The van der Waals surface area contributed by atoms with Crippen molar-refractivity contribution in [2.24, 2.45) is 11.5 Å². The second-order valence-corrected chi connectivity index (χ2v) is 5.77. The molecule has 2 aromatic carbocycles. The van der Waals surface area contributed by atoms with Crippen LogP contribution in [-0.4, -0.2) is 16.7 Å². The highest BCUT2D eigenvalue weighted by Gasteiger charge is 2.12. The monoisotopic (exact) mass is 355 g/mol. The first-order valence-corrected chi connectivity index (χ1v) is 7.37. The molecule has 1 heterocycles.